The van der Waals surface area contributed by atoms with Gasteiger partial charge in [-0.1, -0.05) is 57.0 Å². The molecule has 4 heteroatoms. The maximum atomic E-state index is 13.0. The first-order valence-corrected chi connectivity index (χ1v) is 10.8. The number of nitrogens with one attached hydrogen (secondary N) is 1. The summed E-state index contributed by atoms with van der Waals surface area (Å²) < 4.78 is 5.84. The average Bonchev–Trinajstić information content (AvgIpc) is 3.24. The van der Waals surface area contributed by atoms with E-state index < -0.39 is 11.6 Å². The number of carbonyl (C=O) groups is 1. The zero-order valence-corrected chi connectivity index (χ0v) is 16.9. The van der Waals surface area contributed by atoms with Crippen molar-refractivity contribution in [2.75, 3.05) is 13.1 Å². The van der Waals surface area contributed by atoms with Gasteiger partial charge >= 0.3 is 5.97 Å². The summed E-state index contributed by atoms with van der Waals surface area (Å²) in [6.45, 7) is 6.13. The van der Waals surface area contributed by atoms with Gasteiger partial charge in [0.05, 0.1) is 0 Å². The fourth-order valence-corrected chi connectivity index (χ4v) is 5.15. The Balaban J connectivity index is 0.00000102. The van der Waals surface area contributed by atoms with E-state index in [2.05, 4.69) is 5.32 Å². The molecule has 1 spiro atoms. The normalized spacial score (nSPS) is 24.4. The topological polar surface area (TPSA) is 58.6 Å². The van der Waals surface area contributed by atoms with Crippen LogP contribution in [0.3, 0.4) is 0 Å². The molecular weight excluding hydrogens is 338 g/mol. The number of aliphatic hydroxyl groups is 1. The highest BCUT2D eigenvalue weighted by Gasteiger charge is 2.52. The lowest BCUT2D eigenvalue weighted by atomic mass is 9.61. The number of piperidine rings is 1. The van der Waals surface area contributed by atoms with Crippen molar-refractivity contribution in [1.29, 1.82) is 0 Å². The summed E-state index contributed by atoms with van der Waals surface area (Å²) in [4.78, 5) is 13.0. The van der Waals surface area contributed by atoms with Gasteiger partial charge in [-0.2, -0.15) is 0 Å². The van der Waals surface area contributed by atoms with E-state index in [4.69, 9.17) is 4.74 Å². The first-order valence-electron chi connectivity index (χ1n) is 10.8. The number of benzene rings is 1. The molecule has 1 aromatic rings. The Bertz CT molecular complexity index is 597. The van der Waals surface area contributed by atoms with Crippen molar-refractivity contribution < 1.29 is 14.6 Å². The van der Waals surface area contributed by atoms with Crippen LogP contribution in [-0.2, 0) is 15.1 Å². The van der Waals surface area contributed by atoms with Gasteiger partial charge in [-0.15, -0.1) is 0 Å². The van der Waals surface area contributed by atoms with Crippen LogP contribution in [-0.4, -0.2) is 30.3 Å². The maximum Gasteiger partial charge on any atom is 0.343 e. The quantitative estimate of drug-likeness (QED) is 0.778. The van der Waals surface area contributed by atoms with Crippen molar-refractivity contribution in [3.63, 3.8) is 0 Å². The third-order valence-corrected chi connectivity index (χ3v) is 6.73. The molecule has 2 N–H and O–H groups in total. The Morgan fingerprint density at radius 2 is 1.70 bits per heavy atom. The molecule has 1 atom stereocenters. The molecule has 150 valence electrons. The number of hydrogen-bond acceptors (Lipinski definition) is 4. The summed E-state index contributed by atoms with van der Waals surface area (Å²) in [7, 11) is 0. The van der Waals surface area contributed by atoms with Crippen LogP contribution in [0.1, 0.15) is 70.8 Å². The molecule has 27 heavy (non-hydrogen) atoms. The minimum atomic E-state index is -1.49. The van der Waals surface area contributed by atoms with Crippen LogP contribution in [0.25, 0.3) is 0 Å². The Kier molecular flexibility index (Phi) is 6.59. The summed E-state index contributed by atoms with van der Waals surface area (Å²) in [5.41, 5.74) is -0.439. The van der Waals surface area contributed by atoms with Crippen LogP contribution < -0.4 is 5.32 Å². The highest BCUT2D eigenvalue weighted by molar-refractivity contribution is 5.82. The zero-order chi connectivity index (χ0) is 19.3. The van der Waals surface area contributed by atoms with E-state index in [-0.39, 0.29) is 12.0 Å². The van der Waals surface area contributed by atoms with Crippen molar-refractivity contribution in [3.05, 3.63) is 35.9 Å². The van der Waals surface area contributed by atoms with Crippen molar-refractivity contribution in [2.24, 2.45) is 11.3 Å². The van der Waals surface area contributed by atoms with E-state index in [1.807, 2.05) is 44.2 Å². The number of hydrogen-bond donors (Lipinski definition) is 2. The van der Waals surface area contributed by atoms with Crippen LogP contribution in [0, 0.1) is 11.3 Å². The Morgan fingerprint density at radius 3 is 2.30 bits per heavy atom. The second kappa shape index (κ2) is 8.74. The van der Waals surface area contributed by atoms with E-state index in [9.17, 15) is 9.90 Å². The number of ether oxygens (including phenoxy) is 1. The minimum Gasteiger partial charge on any atom is -0.460 e. The maximum absolute atomic E-state index is 13.0. The van der Waals surface area contributed by atoms with E-state index in [0.29, 0.717) is 11.0 Å². The van der Waals surface area contributed by atoms with Crippen LogP contribution in [0.5, 0.6) is 0 Å². The second-order valence-corrected chi connectivity index (χ2v) is 8.30. The highest BCUT2D eigenvalue weighted by atomic mass is 16.6. The molecular formula is C23H35NO3. The first-order chi connectivity index (χ1) is 13.1. The smallest absolute Gasteiger partial charge is 0.343 e. The van der Waals surface area contributed by atoms with Gasteiger partial charge in [0.25, 0.3) is 0 Å². The number of rotatable bonds is 4. The molecule has 1 heterocycles. The Morgan fingerprint density at radius 1 is 1.11 bits per heavy atom. The summed E-state index contributed by atoms with van der Waals surface area (Å²) in [6, 6.07) is 9.39. The van der Waals surface area contributed by atoms with Crippen molar-refractivity contribution >= 4 is 5.97 Å². The SMILES string of the molecule is CC.O=C(OC1CC2(CCNCC2)C1)C(O)(c1ccccc1)C1CCCC1. The summed E-state index contributed by atoms with van der Waals surface area (Å²) in [5, 5.41) is 14.8. The monoisotopic (exact) mass is 373 g/mol. The van der Waals surface area contributed by atoms with Gasteiger partial charge in [0.2, 0.25) is 0 Å². The molecule has 0 aromatic heterocycles. The molecule has 1 aliphatic heterocycles. The molecule has 2 aliphatic carbocycles. The van der Waals surface area contributed by atoms with Gasteiger partial charge in [-0.3, -0.25) is 0 Å². The van der Waals surface area contributed by atoms with Crippen LogP contribution in [0.15, 0.2) is 30.3 Å². The molecule has 0 bridgehead atoms. The molecule has 3 aliphatic rings. The molecule has 0 radical (unpaired) electrons. The first kappa shape index (κ1) is 20.3. The Labute approximate surface area is 163 Å². The van der Waals surface area contributed by atoms with E-state index >= 15 is 0 Å². The van der Waals surface area contributed by atoms with Gasteiger partial charge in [0, 0.05) is 5.92 Å². The molecule has 4 nitrogen and oxygen atoms in total. The van der Waals surface area contributed by atoms with E-state index in [0.717, 1.165) is 51.6 Å². The van der Waals surface area contributed by atoms with Crippen molar-refractivity contribution in [2.45, 2.75) is 76.9 Å². The van der Waals surface area contributed by atoms with Gasteiger partial charge in [-0.25, -0.2) is 4.79 Å². The third-order valence-electron chi connectivity index (χ3n) is 6.73. The standard InChI is InChI=1S/C21H29NO3.C2H6/c23-19(25-18-14-20(15-18)10-12-22-13-11-20)21(24,17-8-4-5-9-17)16-6-2-1-3-7-16;1-2/h1-3,6-7,17-18,22,24H,4-5,8-15H2;1-2H3. The molecule has 1 saturated heterocycles. The fraction of sp³-hybridized carbons (Fsp3) is 0.696. The summed E-state index contributed by atoms with van der Waals surface area (Å²) >= 11 is 0. The van der Waals surface area contributed by atoms with Gasteiger partial charge in [0.15, 0.2) is 5.60 Å². The molecule has 1 unspecified atom stereocenters. The average molecular weight is 374 g/mol. The summed E-state index contributed by atoms with van der Waals surface area (Å²) in [6.07, 6.45) is 8.16. The lowest BCUT2D eigenvalue weighted by Gasteiger charge is -2.50. The molecule has 3 fully saturated rings. The van der Waals surface area contributed by atoms with Crippen molar-refractivity contribution in [3.8, 4) is 0 Å². The van der Waals surface area contributed by atoms with Crippen LogP contribution in [0.2, 0.25) is 0 Å². The molecule has 0 amide bonds. The van der Waals surface area contributed by atoms with E-state index in [1.165, 1.54) is 12.8 Å². The highest BCUT2D eigenvalue weighted by Crippen LogP contribution is 2.50. The lowest BCUT2D eigenvalue weighted by molar-refractivity contribution is -0.191. The summed E-state index contributed by atoms with van der Waals surface area (Å²) in [5.74, 6) is -0.463. The van der Waals surface area contributed by atoms with Crippen LogP contribution in [0.4, 0.5) is 0 Å². The number of esters is 1. The number of carbonyl (C=O) groups excluding carboxylic acids is 1. The van der Waals surface area contributed by atoms with Crippen LogP contribution >= 0.6 is 0 Å². The van der Waals surface area contributed by atoms with E-state index in [1.54, 1.807) is 0 Å². The molecule has 2 saturated carbocycles. The Hall–Kier alpha value is -1.39. The van der Waals surface area contributed by atoms with Gasteiger partial charge in [-0.05, 0) is 62.6 Å². The largest absolute Gasteiger partial charge is 0.460 e. The van der Waals surface area contributed by atoms with Gasteiger partial charge in [0.1, 0.15) is 6.10 Å². The lowest BCUT2D eigenvalue weighted by Crippen LogP contribution is -2.52. The second-order valence-electron chi connectivity index (χ2n) is 8.30. The predicted molar refractivity (Wildman–Crippen MR) is 107 cm³/mol. The minimum absolute atomic E-state index is 0.0257. The fourth-order valence-electron chi connectivity index (χ4n) is 5.15. The predicted octanol–water partition coefficient (Wildman–Crippen LogP) is 4.17. The molecule has 1 aromatic carbocycles. The third kappa shape index (κ3) is 4.07. The zero-order valence-electron chi connectivity index (χ0n) is 16.9. The van der Waals surface area contributed by atoms with Gasteiger partial charge < -0.3 is 15.2 Å². The molecule has 4 rings (SSSR count). The van der Waals surface area contributed by atoms with Crippen molar-refractivity contribution in [1.82, 2.24) is 5.32 Å².